The van der Waals surface area contributed by atoms with Gasteiger partial charge in [-0.05, 0) is 50.1 Å². The van der Waals surface area contributed by atoms with Crippen LogP contribution < -0.4 is 0 Å². The van der Waals surface area contributed by atoms with Crippen LogP contribution in [0.5, 0.6) is 0 Å². The maximum atomic E-state index is 14.2. The molecule has 4 nitrogen and oxygen atoms in total. The minimum absolute atomic E-state index is 0.0606. The Morgan fingerprint density at radius 1 is 1.19 bits per heavy atom. The molecule has 134 valence electrons. The first-order chi connectivity index (χ1) is 12.6. The van der Waals surface area contributed by atoms with Gasteiger partial charge in [0, 0.05) is 28.2 Å². The van der Waals surface area contributed by atoms with Crippen LogP contribution in [0.25, 0.3) is 11.4 Å². The molecule has 1 heterocycles. The van der Waals surface area contributed by atoms with E-state index in [1.165, 1.54) is 6.07 Å². The Labute approximate surface area is 156 Å². The van der Waals surface area contributed by atoms with Crippen molar-refractivity contribution in [3.05, 3.63) is 70.8 Å². The molecule has 0 N–H and O–H groups in total. The van der Waals surface area contributed by atoms with Crippen molar-refractivity contribution in [2.75, 3.05) is 0 Å². The summed E-state index contributed by atoms with van der Waals surface area (Å²) in [6.07, 6.45) is 2.22. The zero-order chi connectivity index (χ0) is 18.1. The molecule has 1 aliphatic rings. The molecule has 6 heteroatoms. The van der Waals surface area contributed by atoms with Crippen molar-refractivity contribution in [3.63, 3.8) is 0 Å². The fourth-order valence-corrected chi connectivity index (χ4v) is 3.30. The summed E-state index contributed by atoms with van der Waals surface area (Å²) in [7, 11) is 0. The second kappa shape index (κ2) is 7.17. The van der Waals surface area contributed by atoms with Gasteiger partial charge in [0.15, 0.2) is 0 Å². The van der Waals surface area contributed by atoms with Crippen molar-refractivity contribution >= 4 is 11.6 Å². The molecular formula is C20H19ClFN3O. The molecule has 1 aromatic heterocycles. The summed E-state index contributed by atoms with van der Waals surface area (Å²) in [6, 6.07) is 14.6. The van der Waals surface area contributed by atoms with Gasteiger partial charge in [0.1, 0.15) is 5.82 Å². The second-order valence-electron chi connectivity index (χ2n) is 6.62. The van der Waals surface area contributed by atoms with E-state index in [2.05, 4.69) is 15.0 Å². The highest BCUT2D eigenvalue weighted by Crippen LogP contribution is 2.36. The monoisotopic (exact) mass is 371 g/mol. The molecule has 0 saturated heterocycles. The molecule has 0 spiro atoms. The van der Waals surface area contributed by atoms with Crippen LogP contribution in [0.2, 0.25) is 5.02 Å². The lowest BCUT2D eigenvalue weighted by atomic mass is 10.1. The van der Waals surface area contributed by atoms with Gasteiger partial charge < -0.3 is 4.52 Å². The molecule has 26 heavy (non-hydrogen) atoms. The minimum atomic E-state index is -0.182. The van der Waals surface area contributed by atoms with E-state index < -0.39 is 0 Å². The van der Waals surface area contributed by atoms with E-state index in [-0.39, 0.29) is 11.9 Å². The van der Waals surface area contributed by atoms with E-state index in [0.29, 0.717) is 34.9 Å². The van der Waals surface area contributed by atoms with Crippen LogP contribution >= 0.6 is 11.6 Å². The molecule has 0 aliphatic heterocycles. The van der Waals surface area contributed by atoms with Crippen LogP contribution in [-0.4, -0.2) is 21.1 Å². The Hall–Kier alpha value is -2.24. The van der Waals surface area contributed by atoms with Crippen molar-refractivity contribution < 1.29 is 8.91 Å². The van der Waals surface area contributed by atoms with Crippen molar-refractivity contribution in [1.82, 2.24) is 15.0 Å². The van der Waals surface area contributed by atoms with Gasteiger partial charge in [-0.2, -0.15) is 4.98 Å². The van der Waals surface area contributed by atoms with Crippen molar-refractivity contribution in [2.45, 2.75) is 38.4 Å². The summed E-state index contributed by atoms with van der Waals surface area (Å²) >= 11 is 5.92. The second-order valence-corrected chi connectivity index (χ2v) is 7.06. The first kappa shape index (κ1) is 17.2. The number of benzene rings is 2. The predicted octanol–water partition coefficient (Wildman–Crippen LogP) is 5.25. The van der Waals surface area contributed by atoms with Gasteiger partial charge in [-0.3, -0.25) is 4.90 Å². The molecule has 0 amide bonds. The largest absolute Gasteiger partial charge is 0.338 e. The normalized spacial score (nSPS) is 15.4. The lowest BCUT2D eigenvalue weighted by Gasteiger charge is -2.28. The average Bonchev–Trinajstić information content (AvgIpc) is 3.38. The van der Waals surface area contributed by atoms with Crippen LogP contribution in [-0.2, 0) is 6.54 Å². The topological polar surface area (TPSA) is 42.2 Å². The molecular weight excluding hydrogens is 353 g/mol. The molecule has 1 saturated carbocycles. The van der Waals surface area contributed by atoms with Gasteiger partial charge in [0.2, 0.25) is 11.7 Å². The number of rotatable bonds is 6. The van der Waals surface area contributed by atoms with Gasteiger partial charge in [0.25, 0.3) is 0 Å². The van der Waals surface area contributed by atoms with Gasteiger partial charge in [-0.1, -0.05) is 35.0 Å². The molecule has 4 rings (SSSR count). The molecule has 3 aromatic rings. The van der Waals surface area contributed by atoms with E-state index >= 15 is 0 Å². The van der Waals surface area contributed by atoms with Crippen LogP contribution in [0.15, 0.2) is 53.1 Å². The summed E-state index contributed by atoms with van der Waals surface area (Å²) in [4.78, 5) is 6.74. The van der Waals surface area contributed by atoms with Crippen LogP contribution in [0, 0.1) is 5.82 Å². The Morgan fingerprint density at radius 2 is 1.92 bits per heavy atom. The summed E-state index contributed by atoms with van der Waals surface area (Å²) in [5, 5.41) is 4.73. The summed E-state index contributed by atoms with van der Waals surface area (Å²) in [5.74, 6) is 0.883. The number of hydrogen-bond donors (Lipinski definition) is 0. The fourth-order valence-electron chi connectivity index (χ4n) is 3.17. The highest BCUT2D eigenvalue weighted by atomic mass is 35.5. The fraction of sp³-hybridized carbons (Fsp3) is 0.300. The average molecular weight is 372 g/mol. The lowest BCUT2D eigenvalue weighted by Crippen LogP contribution is -2.29. The predicted molar refractivity (Wildman–Crippen MR) is 98.1 cm³/mol. The SMILES string of the molecule is C[C@@H](c1ccccc1F)N(Cc1nc(-c2ccc(Cl)cc2)no1)C1CC1. The third-order valence-electron chi connectivity index (χ3n) is 4.76. The number of nitrogens with zero attached hydrogens (tertiary/aromatic N) is 3. The Morgan fingerprint density at radius 3 is 2.62 bits per heavy atom. The molecule has 2 aromatic carbocycles. The number of halogens is 2. The summed E-state index contributed by atoms with van der Waals surface area (Å²) in [6.45, 7) is 2.52. The van der Waals surface area contributed by atoms with E-state index in [1.807, 2.05) is 31.2 Å². The molecule has 1 aliphatic carbocycles. The quantitative estimate of drug-likeness (QED) is 0.593. The zero-order valence-electron chi connectivity index (χ0n) is 14.4. The Kier molecular flexibility index (Phi) is 4.74. The minimum Gasteiger partial charge on any atom is -0.338 e. The third kappa shape index (κ3) is 3.64. The van der Waals surface area contributed by atoms with Crippen molar-refractivity contribution in [1.29, 1.82) is 0 Å². The van der Waals surface area contributed by atoms with E-state index in [1.54, 1.807) is 18.2 Å². The van der Waals surface area contributed by atoms with Crippen LogP contribution in [0.4, 0.5) is 4.39 Å². The zero-order valence-corrected chi connectivity index (χ0v) is 15.2. The first-order valence-electron chi connectivity index (χ1n) is 8.70. The van der Waals surface area contributed by atoms with Gasteiger partial charge in [-0.15, -0.1) is 0 Å². The van der Waals surface area contributed by atoms with Gasteiger partial charge >= 0.3 is 0 Å². The van der Waals surface area contributed by atoms with E-state index in [9.17, 15) is 4.39 Å². The van der Waals surface area contributed by atoms with Crippen LogP contribution in [0.1, 0.15) is 37.3 Å². The van der Waals surface area contributed by atoms with Crippen molar-refractivity contribution in [3.8, 4) is 11.4 Å². The van der Waals surface area contributed by atoms with E-state index in [4.69, 9.17) is 16.1 Å². The smallest absolute Gasteiger partial charge is 0.241 e. The van der Waals surface area contributed by atoms with E-state index in [0.717, 1.165) is 18.4 Å². The molecule has 0 unspecified atom stereocenters. The summed E-state index contributed by atoms with van der Waals surface area (Å²) < 4.78 is 19.6. The standard InChI is InChI=1S/C20H19ClFN3O/c1-13(17-4-2-3-5-18(17)22)25(16-10-11-16)12-19-23-20(24-26-19)14-6-8-15(21)9-7-14/h2-9,13,16H,10-12H2,1H3/t13-/m0/s1. The number of aromatic nitrogens is 2. The molecule has 1 fully saturated rings. The Bertz CT molecular complexity index is 892. The summed E-state index contributed by atoms with van der Waals surface area (Å²) in [5.41, 5.74) is 1.54. The maximum Gasteiger partial charge on any atom is 0.241 e. The highest BCUT2D eigenvalue weighted by Gasteiger charge is 2.34. The first-order valence-corrected chi connectivity index (χ1v) is 9.08. The number of hydrogen-bond acceptors (Lipinski definition) is 4. The van der Waals surface area contributed by atoms with Gasteiger partial charge in [0.05, 0.1) is 6.54 Å². The van der Waals surface area contributed by atoms with Crippen molar-refractivity contribution in [2.24, 2.45) is 0 Å². The van der Waals surface area contributed by atoms with Gasteiger partial charge in [-0.25, -0.2) is 4.39 Å². The molecule has 1 atom stereocenters. The molecule has 0 radical (unpaired) electrons. The van der Waals surface area contributed by atoms with Crippen LogP contribution in [0.3, 0.4) is 0 Å². The Balaban J connectivity index is 1.54. The lowest BCUT2D eigenvalue weighted by molar-refractivity contribution is 0.163. The highest BCUT2D eigenvalue weighted by molar-refractivity contribution is 6.30. The maximum absolute atomic E-state index is 14.2. The molecule has 0 bridgehead atoms. The third-order valence-corrected chi connectivity index (χ3v) is 5.01.